The summed E-state index contributed by atoms with van der Waals surface area (Å²) in [5, 5.41) is 11.2. The normalized spacial score (nSPS) is 14.6. The van der Waals surface area contributed by atoms with Gasteiger partial charge in [0, 0.05) is 17.2 Å². The van der Waals surface area contributed by atoms with Gasteiger partial charge in [-0.2, -0.15) is 0 Å². The molecule has 0 bridgehead atoms. The van der Waals surface area contributed by atoms with Gasteiger partial charge in [-0.25, -0.2) is 9.79 Å². The Morgan fingerprint density at radius 1 is 1.29 bits per heavy atom. The summed E-state index contributed by atoms with van der Waals surface area (Å²) in [6.07, 6.45) is 1.58. The molecule has 1 heterocycles. The Bertz CT molecular complexity index is 1110. The maximum atomic E-state index is 12.3. The van der Waals surface area contributed by atoms with E-state index in [1.165, 1.54) is 6.07 Å². The molecule has 0 radical (unpaired) electrons. The quantitative estimate of drug-likeness (QED) is 0.164. The summed E-state index contributed by atoms with van der Waals surface area (Å²) in [6.45, 7) is 6.30. The number of cyclic esters (lactones) is 1. The number of halogens is 1. The summed E-state index contributed by atoms with van der Waals surface area (Å²) in [5.41, 5.74) is 1.58. The number of carbonyl (C=O) groups excluding carboxylic acids is 1. The van der Waals surface area contributed by atoms with Crippen molar-refractivity contribution >= 4 is 46.2 Å². The van der Waals surface area contributed by atoms with Crippen molar-refractivity contribution in [1.82, 2.24) is 0 Å². The first-order valence-corrected chi connectivity index (χ1v) is 10.6. The molecule has 2 aromatic carbocycles. The third-order valence-corrected chi connectivity index (χ3v) is 5.19. The first kappa shape index (κ1) is 22.7. The molecule has 9 heteroatoms. The Morgan fingerprint density at radius 3 is 2.68 bits per heavy atom. The highest BCUT2D eigenvalue weighted by Gasteiger charge is 2.26. The summed E-state index contributed by atoms with van der Waals surface area (Å²) >= 11 is 2.15. The van der Waals surface area contributed by atoms with Crippen LogP contribution in [0.2, 0.25) is 0 Å². The summed E-state index contributed by atoms with van der Waals surface area (Å²) in [4.78, 5) is 27.3. The Morgan fingerprint density at radius 2 is 2.03 bits per heavy atom. The number of rotatable bonds is 7. The van der Waals surface area contributed by atoms with Gasteiger partial charge in [0.1, 0.15) is 0 Å². The van der Waals surface area contributed by atoms with E-state index in [-0.39, 0.29) is 17.3 Å². The molecule has 0 fully saturated rings. The molecule has 0 saturated carbocycles. The zero-order valence-corrected chi connectivity index (χ0v) is 19.6. The van der Waals surface area contributed by atoms with Crippen molar-refractivity contribution in [1.29, 1.82) is 0 Å². The van der Waals surface area contributed by atoms with Crippen LogP contribution >= 0.6 is 22.6 Å². The van der Waals surface area contributed by atoms with Crippen molar-refractivity contribution in [2.45, 2.75) is 20.8 Å². The lowest BCUT2D eigenvalue weighted by molar-refractivity contribution is -0.385. The third-order valence-electron chi connectivity index (χ3n) is 4.39. The number of ether oxygens (including phenoxy) is 3. The standard InChI is InChI=1S/C22H21IN2O6/c1-12(2)11-30-20-16(23)7-14(9-19(20)29-4)8-17-22(26)31-21(24-17)15-6-5-13(3)18(10-15)25(27)28/h5-10,12H,11H2,1-4H3/b17-8-. The van der Waals surface area contributed by atoms with E-state index in [1.807, 2.05) is 6.07 Å². The van der Waals surface area contributed by atoms with Crippen LogP contribution in [-0.4, -0.2) is 30.5 Å². The van der Waals surface area contributed by atoms with E-state index in [1.54, 1.807) is 38.3 Å². The van der Waals surface area contributed by atoms with Gasteiger partial charge in [-0.3, -0.25) is 10.1 Å². The summed E-state index contributed by atoms with van der Waals surface area (Å²) < 4.78 is 17.4. The second kappa shape index (κ2) is 9.46. The second-order valence-electron chi connectivity index (χ2n) is 7.33. The van der Waals surface area contributed by atoms with E-state index in [2.05, 4.69) is 41.4 Å². The van der Waals surface area contributed by atoms with Crippen molar-refractivity contribution in [2.24, 2.45) is 10.9 Å². The lowest BCUT2D eigenvalue weighted by atomic mass is 10.1. The number of methoxy groups -OCH3 is 1. The van der Waals surface area contributed by atoms with Gasteiger partial charge in [0.25, 0.3) is 5.69 Å². The fourth-order valence-corrected chi connectivity index (χ4v) is 3.62. The Balaban J connectivity index is 1.94. The van der Waals surface area contributed by atoms with E-state index >= 15 is 0 Å². The maximum Gasteiger partial charge on any atom is 0.363 e. The molecule has 8 nitrogen and oxygen atoms in total. The minimum Gasteiger partial charge on any atom is -0.493 e. The van der Waals surface area contributed by atoms with Crippen molar-refractivity contribution in [3.63, 3.8) is 0 Å². The molecular weight excluding hydrogens is 515 g/mol. The zero-order chi connectivity index (χ0) is 22.7. The molecule has 0 N–H and O–H groups in total. The van der Waals surface area contributed by atoms with Crippen LogP contribution in [0.5, 0.6) is 11.5 Å². The van der Waals surface area contributed by atoms with Gasteiger partial charge in [-0.15, -0.1) is 0 Å². The van der Waals surface area contributed by atoms with Crippen LogP contribution < -0.4 is 9.47 Å². The van der Waals surface area contributed by atoms with Crippen LogP contribution in [0.3, 0.4) is 0 Å². The van der Waals surface area contributed by atoms with Crippen LogP contribution in [0.25, 0.3) is 6.08 Å². The van der Waals surface area contributed by atoms with Gasteiger partial charge in [0.05, 0.1) is 22.2 Å². The van der Waals surface area contributed by atoms with E-state index in [0.29, 0.717) is 40.7 Å². The second-order valence-corrected chi connectivity index (χ2v) is 8.50. The summed E-state index contributed by atoms with van der Waals surface area (Å²) in [5.74, 6) is 0.944. The third kappa shape index (κ3) is 5.22. The topological polar surface area (TPSA) is 100 Å². The predicted molar refractivity (Wildman–Crippen MR) is 124 cm³/mol. The first-order chi connectivity index (χ1) is 14.7. The molecule has 0 aliphatic carbocycles. The zero-order valence-electron chi connectivity index (χ0n) is 17.5. The van der Waals surface area contributed by atoms with Gasteiger partial charge < -0.3 is 14.2 Å². The maximum absolute atomic E-state index is 12.3. The monoisotopic (exact) mass is 536 g/mol. The lowest BCUT2D eigenvalue weighted by Crippen LogP contribution is -2.07. The van der Waals surface area contributed by atoms with Crippen LogP contribution in [0, 0.1) is 26.5 Å². The van der Waals surface area contributed by atoms with Crippen LogP contribution in [0.15, 0.2) is 41.0 Å². The number of benzene rings is 2. The Labute approximate surface area is 193 Å². The van der Waals surface area contributed by atoms with Crippen molar-refractivity contribution in [3.05, 3.63) is 66.4 Å². The highest BCUT2D eigenvalue weighted by atomic mass is 127. The predicted octanol–water partition coefficient (Wildman–Crippen LogP) is 4.90. The van der Waals surface area contributed by atoms with Crippen LogP contribution in [0.1, 0.15) is 30.5 Å². The van der Waals surface area contributed by atoms with Crippen molar-refractivity contribution in [3.8, 4) is 11.5 Å². The fourth-order valence-electron chi connectivity index (χ4n) is 2.84. The highest BCUT2D eigenvalue weighted by Crippen LogP contribution is 2.35. The summed E-state index contributed by atoms with van der Waals surface area (Å²) in [6, 6.07) is 8.17. The Hall–Kier alpha value is -2.95. The molecule has 0 amide bonds. The largest absolute Gasteiger partial charge is 0.493 e. The first-order valence-electron chi connectivity index (χ1n) is 9.48. The molecule has 2 aromatic rings. The molecule has 1 aliphatic rings. The van der Waals surface area contributed by atoms with E-state index in [0.717, 1.165) is 3.57 Å². The molecule has 0 saturated heterocycles. The van der Waals surface area contributed by atoms with Crippen molar-refractivity contribution < 1.29 is 23.9 Å². The van der Waals surface area contributed by atoms with Gasteiger partial charge in [0.15, 0.2) is 17.2 Å². The summed E-state index contributed by atoms with van der Waals surface area (Å²) in [7, 11) is 1.55. The number of hydrogen-bond acceptors (Lipinski definition) is 7. The Kier molecular flexibility index (Phi) is 6.94. The van der Waals surface area contributed by atoms with E-state index in [9.17, 15) is 14.9 Å². The number of nitrogens with zero attached hydrogens (tertiary/aromatic N) is 2. The molecule has 0 unspecified atom stereocenters. The molecule has 1 aliphatic heterocycles. The van der Waals surface area contributed by atoms with Gasteiger partial charge in [0.2, 0.25) is 5.90 Å². The highest BCUT2D eigenvalue weighted by molar-refractivity contribution is 14.1. The molecular formula is C22H21IN2O6. The molecule has 3 rings (SSSR count). The average Bonchev–Trinajstić information content (AvgIpc) is 3.07. The average molecular weight is 536 g/mol. The number of aliphatic imine (C=N–C) groups is 1. The number of nitro benzene ring substituents is 1. The number of nitro groups is 1. The molecule has 0 atom stereocenters. The minimum absolute atomic E-state index is 0.0258. The lowest BCUT2D eigenvalue weighted by Gasteiger charge is -2.15. The molecule has 0 aromatic heterocycles. The smallest absolute Gasteiger partial charge is 0.363 e. The minimum atomic E-state index is -0.632. The van der Waals surface area contributed by atoms with Crippen LogP contribution in [-0.2, 0) is 9.53 Å². The number of esters is 1. The fraction of sp³-hybridized carbons (Fsp3) is 0.273. The number of aryl methyl sites for hydroxylation is 1. The molecule has 0 spiro atoms. The molecule has 31 heavy (non-hydrogen) atoms. The number of hydrogen-bond donors (Lipinski definition) is 0. The van der Waals surface area contributed by atoms with E-state index < -0.39 is 10.9 Å². The molecule has 162 valence electrons. The van der Waals surface area contributed by atoms with Crippen LogP contribution in [0.4, 0.5) is 5.69 Å². The SMILES string of the molecule is COc1cc(/C=C2\N=C(c3ccc(C)c([N+](=O)[O-])c3)OC2=O)cc(I)c1OCC(C)C. The number of carbonyl (C=O) groups is 1. The van der Waals surface area contributed by atoms with Crippen molar-refractivity contribution in [2.75, 3.05) is 13.7 Å². The van der Waals surface area contributed by atoms with Gasteiger partial charge in [-0.05, 0) is 65.3 Å². The van der Waals surface area contributed by atoms with E-state index in [4.69, 9.17) is 14.2 Å². The van der Waals surface area contributed by atoms with Gasteiger partial charge >= 0.3 is 5.97 Å². The van der Waals surface area contributed by atoms with Gasteiger partial charge in [-0.1, -0.05) is 19.9 Å².